The van der Waals surface area contributed by atoms with Gasteiger partial charge in [-0.25, -0.2) is 0 Å². The summed E-state index contributed by atoms with van der Waals surface area (Å²) in [5.74, 6) is 2.24. The van der Waals surface area contributed by atoms with Gasteiger partial charge in [0, 0.05) is 31.1 Å². The lowest BCUT2D eigenvalue weighted by atomic mass is 10.2. The number of aryl methyl sites for hydroxylation is 1. The summed E-state index contributed by atoms with van der Waals surface area (Å²) >= 11 is 1.93. The maximum Gasteiger partial charge on any atom is 0.294 e. The van der Waals surface area contributed by atoms with Crippen LogP contribution in [0.25, 0.3) is 0 Å². The quantitative estimate of drug-likeness (QED) is 0.694. The van der Waals surface area contributed by atoms with E-state index in [9.17, 15) is 13.5 Å². The molecule has 1 aliphatic heterocycles. The van der Waals surface area contributed by atoms with Crippen LogP contribution in [0.15, 0.2) is 29.2 Å². The fourth-order valence-electron chi connectivity index (χ4n) is 1.73. The van der Waals surface area contributed by atoms with Gasteiger partial charge in [0.2, 0.25) is 0 Å². The summed E-state index contributed by atoms with van der Waals surface area (Å²) in [7, 11) is -4.02. The maximum absolute atomic E-state index is 10.5. The topological polar surface area (TPSA) is 104 Å². The molecule has 120 valence electrons. The molecule has 0 aliphatic carbocycles. The summed E-state index contributed by atoms with van der Waals surface area (Å²) in [5, 5.41) is 9.27. The Labute approximate surface area is 130 Å². The van der Waals surface area contributed by atoms with Gasteiger partial charge in [-0.15, -0.1) is 0 Å². The molecule has 1 heterocycles. The van der Waals surface area contributed by atoms with Gasteiger partial charge in [0.25, 0.3) is 10.1 Å². The molecule has 1 fully saturated rings. The third-order valence-corrected chi connectivity index (χ3v) is 4.81. The minimum Gasteiger partial charge on any atom is -0.377 e. The van der Waals surface area contributed by atoms with E-state index in [1.165, 1.54) is 12.1 Å². The molecule has 21 heavy (non-hydrogen) atoms. The Balaban J connectivity index is 0.000000211. The molecule has 1 aromatic carbocycles. The minimum atomic E-state index is -4.02. The van der Waals surface area contributed by atoms with Crippen molar-refractivity contribution in [3.63, 3.8) is 0 Å². The van der Waals surface area contributed by atoms with Gasteiger partial charge in [-0.1, -0.05) is 17.7 Å². The second-order valence-electron chi connectivity index (χ2n) is 4.65. The third-order valence-electron chi connectivity index (χ3n) is 3.00. The molecule has 1 atom stereocenters. The van der Waals surface area contributed by atoms with E-state index in [1.807, 2.05) is 23.6 Å². The van der Waals surface area contributed by atoms with Crippen LogP contribution >= 0.6 is 11.8 Å². The summed E-state index contributed by atoms with van der Waals surface area (Å²) in [6.45, 7) is 4.14. The highest BCUT2D eigenvalue weighted by molar-refractivity contribution is 7.99. The first-order chi connectivity index (χ1) is 9.84. The van der Waals surface area contributed by atoms with Crippen molar-refractivity contribution in [1.82, 2.24) is 4.90 Å². The average molecular weight is 334 g/mol. The van der Waals surface area contributed by atoms with Crippen molar-refractivity contribution >= 4 is 21.9 Å². The molecule has 6 nitrogen and oxygen atoms in total. The summed E-state index contributed by atoms with van der Waals surface area (Å²) in [6.07, 6.45) is -0.416. The molecule has 0 radical (unpaired) electrons. The molecule has 0 spiro atoms. The van der Waals surface area contributed by atoms with E-state index in [2.05, 4.69) is 0 Å². The molecule has 1 saturated heterocycles. The zero-order valence-electron chi connectivity index (χ0n) is 12.0. The Bertz CT molecular complexity index is 513. The van der Waals surface area contributed by atoms with Crippen LogP contribution in [0.1, 0.15) is 5.56 Å². The fourth-order valence-corrected chi connectivity index (χ4v) is 3.15. The summed E-state index contributed by atoms with van der Waals surface area (Å²) in [4.78, 5) is 1.96. The molecule has 1 aliphatic rings. The highest BCUT2D eigenvalue weighted by atomic mass is 32.2. The highest BCUT2D eigenvalue weighted by Gasteiger charge is 2.16. The second-order valence-corrected chi connectivity index (χ2v) is 7.30. The number of rotatable bonds is 3. The van der Waals surface area contributed by atoms with Crippen LogP contribution in [-0.4, -0.2) is 60.3 Å². The van der Waals surface area contributed by atoms with E-state index < -0.39 is 16.3 Å². The Hall–Kier alpha value is -0.640. The maximum atomic E-state index is 10.5. The molecular formula is C13H22N2O4S2. The Kier molecular flexibility index (Phi) is 7.64. The fraction of sp³-hybridized carbons (Fsp3) is 0.538. The number of benzene rings is 1. The minimum absolute atomic E-state index is 0.0666. The molecular weight excluding hydrogens is 312 g/mol. The largest absolute Gasteiger partial charge is 0.377 e. The number of aliphatic hydroxyl groups excluding tert-OH is 1. The smallest absolute Gasteiger partial charge is 0.294 e. The molecule has 2 rings (SSSR count). The SMILES string of the molecule is Cc1ccc(S(=O)(=O)O)cc1.NCC(O)N1CCSCC1. The predicted molar refractivity (Wildman–Crippen MR) is 85.0 cm³/mol. The van der Waals surface area contributed by atoms with Crippen molar-refractivity contribution in [1.29, 1.82) is 0 Å². The molecule has 4 N–H and O–H groups in total. The average Bonchev–Trinajstić information content (AvgIpc) is 2.47. The van der Waals surface area contributed by atoms with Crippen molar-refractivity contribution in [3.05, 3.63) is 29.8 Å². The lowest BCUT2D eigenvalue weighted by Gasteiger charge is -2.29. The van der Waals surface area contributed by atoms with Gasteiger partial charge in [-0.3, -0.25) is 9.45 Å². The van der Waals surface area contributed by atoms with Gasteiger partial charge in [0.15, 0.2) is 0 Å². The van der Waals surface area contributed by atoms with Crippen LogP contribution in [0, 0.1) is 6.92 Å². The van der Waals surface area contributed by atoms with Crippen molar-refractivity contribution < 1.29 is 18.1 Å². The van der Waals surface area contributed by atoms with Crippen molar-refractivity contribution in [2.75, 3.05) is 31.1 Å². The molecule has 0 amide bonds. The van der Waals surface area contributed by atoms with Crippen molar-refractivity contribution in [2.24, 2.45) is 5.73 Å². The van der Waals surface area contributed by atoms with Crippen LogP contribution in [0.4, 0.5) is 0 Å². The van der Waals surface area contributed by atoms with Gasteiger partial charge < -0.3 is 10.8 Å². The normalized spacial score (nSPS) is 17.7. The standard InChI is InChI=1S/C7H8O3S.C6H14N2OS/c1-6-2-4-7(5-3-6)11(8,9)10;7-5-6(9)8-1-3-10-4-2-8/h2-5H,1H3,(H,8,9,10);6,9H,1-5,7H2. The van der Waals surface area contributed by atoms with E-state index in [-0.39, 0.29) is 4.90 Å². The molecule has 8 heteroatoms. The number of nitrogens with zero attached hydrogens (tertiary/aromatic N) is 1. The van der Waals surface area contributed by atoms with Crippen molar-refractivity contribution in [3.8, 4) is 0 Å². The monoisotopic (exact) mass is 334 g/mol. The molecule has 0 aromatic heterocycles. The van der Waals surface area contributed by atoms with Gasteiger partial charge in [0.1, 0.15) is 6.23 Å². The van der Waals surface area contributed by atoms with Crippen LogP contribution in [0.3, 0.4) is 0 Å². The Morgan fingerprint density at radius 1 is 1.29 bits per heavy atom. The highest BCUT2D eigenvalue weighted by Crippen LogP contribution is 2.10. The summed E-state index contributed by atoms with van der Waals surface area (Å²) in [5.41, 5.74) is 6.26. The molecule has 1 aromatic rings. The number of hydrogen-bond donors (Lipinski definition) is 3. The first kappa shape index (κ1) is 18.4. The predicted octanol–water partition coefficient (Wildman–Crippen LogP) is 0.554. The number of hydrogen-bond acceptors (Lipinski definition) is 6. The van der Waals surface area contributed by atoms with Crippen LogP contribution in [0.2, 0.25) is 0 Å². The van der Waals surface area contributed by atoms with E-state index in [0.717, 1.165) is 30.2 Å². The zero-order chi connectivity index (χ0) is 15.9. The van der Waals surface area contributed by atoms with Gasteiger partial charge >= 0.3 is 0 Å². The first-order valence-corrected chi connectivity index (χ1v) is 9.18. The zero-order valence-corrected chi connectivity index (χ0v) is 13.6. The summed E-state index contributed by atoms with van der Waals surface area (Å²) in [6, 6.07) is 5.99. The van der Waals surface area contributed by atoms with Gasteiger partial charge in [0.05, 0.1) is 4.90 Å². The van der Waals surface area contributed by atoms with Crippen molar-refractivity contribution in [2.45, 2.75) is 18.0 Å². The molecule has 0 saturated carbocycles. The lowest BCUT2D eigenvalue weighted by molar-refractivity contribution is 0.0182. The summed E-state index contributed by atoms with van der Waals surface area (Å²) < 4.78 is 29.6. The number of thioether (sulfide) groups is 1. The molecule has 0 bridgehead atoms. The Morgan fingerprint density at radius 3 is 2.24 bits per heavy atom. The van der Waals surface area contributed by atoms with Crippen LogP contribution in [-0.2, 0) is 10.1 Å². The van der Waals surface area contributed by atoms with E-state index in [4.69, 9.17) is 10.3 Å². The van der Waals surface area contributed by atoms with E-state index in [1.54, 1.807) is 12.1 Å². The van der Waals surface area contributed by atoms with E-state index in [0.29, 0.717) is 6.54 Å². The Morgan fingerprint density at radius 2 is 1.81 bits per heavy atom. The second kappa shape index (κ2) is 8.72. The molecule has 1 unspecified atom stereocenters. The van der Waals surface area contributed by atoms with Crippen LogP contribution in [0.5, 0.6) is 0 Å². The third kappa shape index (κ3) is 6.77. The van der Waals surface area contributed by atoms with E-state index >= 15 is 0 Å². The van der Waals surface area contributed by atoms with Gasteiger partial charge in [-0.05, 0) is 19.1 Å². The number of nitrogens with two attached hydrogens (primary N) is 1. The lowest BCUT2D eigenvalue weighted by Crippen LogP contribution is -2.44. The number of aliphatic hydroxyl groups is 1. The van der Waals surface area contributed by atoms with Crippen LogP contribution < -0.4 is 5.73 Å². The van der Waals surface area contributed by atoms with Gasteiger partial charge in [-0.2, -0.15) is 20.2 Å². The first-order valence-electron chi connectivity index (χ1n) is 6.58.